The summed E-state index contributed by atoms with van der Waals surface area (Å²) in [5.41, 5.74) is 8.04. The smallest absolute Gasteiger partial charge is 0.0491 e. The third kappa shape index (κ3) is 4.53. The van der Waals surface area contributed by atoms with Crippen LogP contribution >= 0.6 is 0 Å². The van der Waals surface area contributed by atoms with E-state index < -0.39 is 0 Å². The van der Waals surface area contributed by atoms with Crippen LogP contribution in [0.15, 0.2) is 97.1 Å². The van der Waals surface area contributed by atoms with Crippen LogP contribution in [0.2, 0.25) is 0 Å². The van der Waals surface area contributed by atoms with E-state index in [1.807, 2.05) is 0 Å². The van der Waals surface area contributed by atoms with E-state index >= 15 is 0 Å². The van der Waals surface area contributed by atoms with Crippen molar-refractivity contribution in [2.75, 3.05) is 11.9 Å². The Morgan fingerprint density at radius 3 is 1.50 bits per heavy atom. The van der Waals surface area contributed by atoms with Gasteiger partial charge in [-0.1, -0.05) is 95.3 Å². The second-order valence-corrected chi connectivity index (χ2v) is 11.7. The first-order valence-electron chi connectivity index (χ1n) is 13.1. The third-order valence-electron chi connectivity index (χ3n) is 7.80. The molecule has 1 heterocycles. The average Bonchev–Trinajstić information content (AvgIpc) is 3.20. The predicted octanol–water partition coefficient (Wildman–Crippen LogP) is 9.23. The molecule has 0 unspecified atom stereocenters. The lowest BCUT2D eigenvalue weighted by atomic mass is 9.81. The Morgan fingerprint density at radius 2 is 1.03 bits per heavy atom. The maximum absolute atomic E-state index is 2.50. The zero-order chi connectivity index (χ0) is 25.5. The Hall–Kier alpha value is -3.52. The maximum atomic E-state index is 2.50. The van der Waals surface area contributed by atoms with Gasteiger partial charge < -0.3 is 9.47 Å². The van der Waals surface area contributed by atoms with Gasteiger partial charge in [-0.15, -0.1) is 0 Å². The van der Waals surface area contributed by atoms with Crippen molar-refractivity contribution in [3.05, 3.63) is 108 Å². The molecule has 2 heteroatoms. The molecule has 0 aliphatic rings. The lowest BCUT2D eigenvalue weighted by Gasteiger charge is -2.27. The minimum atomic E-state index is 0.0674. The van der Waals surface area contributed by atoms with Gasteiger partial charge in [-0.05, 0) is 64.8 Å². The summed E-state index contributed by atoms with van der Waals surface area (Å²) in [6.07, 6.45) is 1.07. The molecule has 4 aromatic carbocycles. The van der Waals surface area contributed by atoms with Crippen LogP contribution in [0.3, 0.4) is 0 Å². The summed E-state index contributed by atoms with van der Waals surface area (Å²) in [4.78, 5) is 2.27. The molecule has 0 saturated heterocycles. The molecule has 0 fully saturated rings. The van der Waals surface area contributed by atoms with Crippen LogP contribution in [-0.2, 0) is 17.4 Å². The zero-order valence-electron chi connectivity index (χ0n) is 22.5. The molecule has 1 aromatic heterocycles. The summed E-state index contributed by atoms with van der Waals surface area (Å²) < 4.78 is 2.50. The monoisotopic (exact) mass is 474 g/mol. The first-order valence-corrected chi connectivity index (χ1v) is 13.1. The van der Waals surface area contributed by atoms with Gasteiger partial charge in [0.1, 0.15) is 0 Å². The van der Waals surface area contributed by atoms with Gasteiger partial charge in [-0.2, -0.15) is 0 Å². The van der Waals surface area contributed by atoms with Crippen molar-refractivity contribution in [2.45, 2.75) is 58.4 Å². The van der Waals surface area contributed by atoms with E-state index in [1.54, 1.807) is 0 Å². The van der Waals surface area contributed by atoms with Crippen LogP contribution in [0, 0.1) is 0 Å². The normalized spacial score (nSPS) is 12.4. The summed E-state index contributed by atoms with van der Waals surface area (Å²) in [6.45, 7) is 12.5. The quantitative estimate of drug-likeness (QED) is 0.238. The van der Waals surface area contributed by atoms with Crippen molar-refractivity contribution in [1.29, 1.82) is 0 Å². The van der Waals surface area contributed by atoms with Crippen molar-refractivity contribution in [1.82, 2.24) is 4.57 Å². The highest BCUT2D eigenvalue weighted by atomic mass is 15.1. The number of rotatable bonds is 6. The second-order valence-electron chi connectivity index (χ2n) is 11.7. The number of nitrogens with zero attached hydrogens (tertiary/aromatic N) is 2. The first kappa shape index (κ1) is 24.2. The lowest BCUT2D eigenvalue weighted by Crippen LogP contribution is -2.20. The van der Waals surface area contributed by atoms with E-state index in [1.165, 1.54) is 44.3 Å². The standard InChI is InChI=1S/C34H38N2/c1-33(2,3)25-15-19-27(20-16-25)35(6)28-21-17-26(18-22-28)34(4,5)23-24-36-31-13-9-7-11-29(31)30-12-8-10-14-32(30)36/h7-22H,23-24H2,1-6H3. The van der Waals surface area contributed by atoms with E-state index in [0.717, 1.165) is 13.0 Å². The number of hydrogen-bond acceptors (Lipinski definition) is 1. The second kappa shape index (κ2) is 9.17. The van der Waals surface area contributed by atoms with Crippen LogP contribution in [0.25, 0.3) is 21.8 Å². The highest BCUT2D eigenvalue weighted by molar-refractivity contribution is 6.07. The van der Waals surface area contributed by atoms with Gasteiger partial charge in [-0.25, -0.2) is 0 Å². The van der Waals surface area contributed by atoms with Crippen molar-refractivity contribution >= 4 is 33.2 Å². The van der Waals surface area contributed by atoms with Gasteiger partial charge in [0.05, 0.1) is 0 Å². The average molecular weight is 475 g/mol. The molecule has 0 spiro atoms. The van der Waals surface area contributed by atoms with Gasteiger partial charge in [0, 0.05) is 46.8 Å². The fraction of sp³-hybridized carbons (Fsp3) is 0.294. The lowest BCUT2D eigenvalue weighted by molar-refractivity contribution is 0.446. The zero-order valence-corrected chi connectivity index (χ0v) is 22.5. The molecule has 5 rings (SSSR count). The molecule has 0 N–H and O–H groups in total. The summed E-state index contributed by atoms with van der Waals surface area (Å²) in [6, 6.07) is 35.6. The van der Waals surface area contributed by atoms with E-state index in [2.05, 4.69) is 148 Å². The molecule has 0 aliphatic carbocycles. The van der Waals surface area contributed by atoms with Gasteiger partial charge in [0.25, 0.3) is 0 Å². The van der Waals surface area contributed by atoms with E-state index in [0.29, 0.717) is 0 Å². The Balaban J connectivity index is 1.34. The Labute approximate surface area is 216 Å². The number of benzene rings is 4. The fourth-order valence-electron chi connectivity index (χ4n) is 5.25. The summed E-state index contributed by atoms with van der Waals surface area (Å²) >= 11 is 0. The highest BCUT2D eigenvalue weighted by Gasteiger charge is 2.22. The molecular weight excluding hydrogens is 436 g/mol. The van der Waals surface area contributed by atoms with Crippen molar-refractivity contribution in [2.24, 2.45) is 0 Å². The predicted molar refractivity (Wildman–Crippen MR) is 157 cm³/mol. The minimum Gasteiger partial charge on any atom is -0.345 e. The molecule has 184 valence electrons. The van der Waals surface area contributed by atoms with Crippen LogP contribution in [0.4, 0.5) is 11.4 Å². The number of hydrogen-bond donors (Lipinski definition) is 0. The third-order valence-corrected chi connectivity index (χ3v) is 7.80. The molecule has 0 amide bonds. The van der Waals surface area contributed by atoms with Crippen molar-refractivity contribution in [3.63, 3.8) is 0 Å². The maximum Gasteiger partial charge on any atom is 0.0491 e. The molecule has 0 aliphatic heterocycles. The van der Waals surface area contributed by atoms with E-state index in [9.17, 15) is 0 Å². The van der Waals surface area contributed by atoms with Crippen LogP contribution < -0.4 is 4.90 Å². The fourth-order valence-corrected chi connectivity index (χ4v) is 5.25. The molecular formula is C34H38N2. The van der Waals surface area contributed by atoms with Gasteiger partial charge >= 0.3 is 0 Å². The largest absolute Gasteiger partial charge is 0.345 e. The highest BCUT2D eigenvalue weighted by Crippen LogP contribution is 2.34. The Kier molecular flexibility index (Phi) is 6.16. The number of aryl methyl sites for hydroxylation is 1. The minimum absolute atomic E-state index is 0.0674. The molecule has 36 heavy (non-hydrogen) atoms. The number of para-hydroxylation sites is 2. The topological polar surface area (TPSA) is 8.17 Å². The molecule has 2 nitrogen and oxygen atoms in total. The molecule has 0 saturated carbocycles. The van der Waals surface area contributed by atoms with Crippen LogP contribution in [0.5, 0.6) is 0 Å². The van der Waals surface area contributed by atoms with Crippen LogP contribution in [-0.4, -0.2) is 11.6 Å². The summed E-state index contributed by atoms with van der Waals surface area (Å²) in [5.74, 6) is 0. The van der Waals surface area contributed by atoms with Crippen LogP contribution in [0.1, 0.15) is 52.2 Å². The number of aromatic nitrogens is 1. The number of fused-ring (bicyclic) bond motifs is 3. The van der Waals surface area contributed by atoms with Crippen molar-refractivity contribution in [3.8, 4) is 0 Å². The van der Waals surface area contributed by atoms with E-state index in [4.69, 9.17) is 0 Å². The molecule has 5 aromatic rings. The SMILES string of the molecule is CN(c1ccc(C(C)(C)C)cc1)c1ccc(C(C)(C)CCn2c3ccccc3c3ccccc32)cc1. The van der Waals surface area contributed by atoms with Gasteiger partial charge in [0.2, 0.25) is 0 Å². The van der Waals surface area contributed by atoms with Gasteiger partial charge in [0.15, 0.2) is 0 Å². The summed E-state index contributed by atoms with van der Waals surface area (Å²) in [7, 11) is 2.15. The molecule has 0 bridgehead atoms. The molecule has 0 radical (unpaired) electrons. The first-order chi connectivity index (χ1) is 17.1. The van der Waals surface area contributed by atoms with Crippen molar-refractivity contribution < 1.29 is 0 Å². The Morgan fingerprint density at radius 1 is 0.583 bits per heavy atom. The number of anilines is 2. The molecule has 0 atom stereocenters. The Bertz CT molecular complexity index is 1430. The van der Waals surface area contributed by atoms with E-state index in [-0.39, 0.29) is 10.8 Å². The summed E-state index contributed by atoms with van der Waals surface area (Å²) in [5, 5.41) is 2.68. The van der Waals surface area contributed by atoms with Gasteiger partial charge in [-0.3, -0.25) is 0 Å².